The summed E-state index contributed by atoms with van der Waals surface area (Å²) in [5.41, 5.74) is 1.35. The molecular weight excluding hydrogens is 366 g/mol. The van der Waals surface area contributed by atoms with E-state index < -0.39 is 0 Å². The first-order valence-electron chi connectivity index (χ1n) is 9.28. The third-order valence-corrected chi connectivity index (χ3v) is 4.74. The fourth-order valence-electron chi connectivity index (χ4n) is 3.18. The molecule has 4 rings (SSSR count). The molecule has 2 aromatic heterocycles. The molecule has 144 valence electrons. The van der Waals surface area contributed by atoms with E-state index in [1.807, 2.05) is 6.07 Å². The van der Waals surface area contributed by atoms with Crippen LogP contribution in [0.3, 0.4) is 0 Å². The highest BCUT2D eigenvalue weighted by atomic mass is 16.1. The normalized spacial score (nSPS) is 13.6. The first-order valence-corrected chi connectivity index (χ1v) is 9.28. The van der Waals surface area contributed by atoms with Gasteiger partial charge in [0.2, 0.25) is 5.95 Å². The number of rotatable bonds is 4. The summed E-state index contributed by atoms with van der Waals surface area (Å²) in [5.74, 6) is 1.27. The zero-order valence-corrected chi connectivity index (χ0v) is 15.7. The van der Waals surface area contributed by atoms with Gasteiger partial charge in [-0.15, -0.1) is 0 Å². The molecule has 8 nitrogen and oxygen atoms in total. The number of amides is 1. The first kappa shape index (κ1) is 18.4. The number of aromatic nitrogens is 3. The molecule has 1 fully saturated rings. The number of benzene rings is 1. The smallest absolute Gasteiger partial charge is 0.257 e. The molecule has 1 N–H and O–H groups in total. The van der Waals surface area contributed by atoms with E-state index in [9.17, 15) is 4.79 Å². The average molecular weight is 385 g/mol. The highest BCUT2D eigenvalue weighted by Gasteiger charge is 2.20. The first-order chi connectivity index (χ1) is 14.2. The van der Waals surface area contributed by atoms with Crippen LogP contribution in [0.2, 0.25) is 0 Å². The molecule has 29 heavy (non-hydrogen) atoms. The maximum Gasteiger partial charge on any atom is 0.257 e. The summed E-state index contributed by atoms with van der Waals surface area (Å²) >= 11 is 0. The van der Waals surface area contributed by atoms with Gasteiger partial charge in [-0.2, -0.15) is 5.26 Å². The number of piperazine rings is 1. The molecule has 0 bridgehead atoms. The number of hydrogen-bond acceptors (Lipinski definition) is 7. The summed E-state index contributed by atoms with van der Waals surface area (Å²) in [6, 6.07) is 14.4. The largest absolute Gasteiger partial charge is 0.353 e. The van der Waals surface area contributed by atoms with Gasteiger partial charge in [0.25, 0.3) is 5.91 Å². The van der Waals surface area contributed by atoms with E-state index in [2.05, 4.69) is 36.1 Å². The van der Waals surface area contributed by atoms with Crippen molar-refractivity contribution < 1.29 is 4.79 Å². The topological polar surface area (TPSA) is 98.0 Å². The Morgan fingerprint density at radius 3 is 2.34 bits per heavy atom. The molecule has 1 aromatic carbocycles. The highest BCUT2D eigenvalue weighted by molar-refractivity contribution is 6.04. The Hall–Kier alpha value is -3.99. The molecule has 1 aliphatic heterocycles. The van der Waals surface area contributed by atoms with Crippen LogP contribution in [-0.4, -0.2) is 47.0 Å². The van der Waals surface area contributed by atoms with Crippen molar-refractivity contribution >= 4 is 23.4 Å². The molecule has 8 heteroatoms. The molecule has 1 saturated heterocycles. The van der Waals surface area contributed by atoms with Gasteiger partial charge in [0.05, 0.1) is 16.8 Å². The standard InChI is InChI=1S/C21H19N7O/c22-14-16-4-1-2-5-18(16)26-20(29)17-6-7-19(25-15-17)27-10-12-28(13-11-27)21-23-8-3-9-24-21/h1-9,15H,10-13H2,(H,26,29). The minimum absolute atomic E-state index is 0.294. The quantitative estimate of drug-likeness (QED) is 0.736. The molecule has 1 amide bonds. The summed E-state index contributed by atoms with van der Waals surface area (Å²) in [4.78, 5) is 29.8. The fourth-order valence-corrected chi connectivity index (χ4v) is 3.18. The van der Waals surface area contributed by atoms with Crippen LogP contribution < -0.4 is 15.1 Å². The number of hydrogen-bond donors (Lipinski definition) is 1. The van der Waals surface area contributed by atoms with Crippen LogP contribution in [0.4, 0.5) is 17.5 Å². The van der Waals surface area contributed by atoms with Crippen molar-refractivity contribution in [3.05, 3.63) is 72.2 Å². The third-order valence-electron chi connectivity index (χ3n) is 4.74. The monoisotopic (exact) mass is 385 g/mol. The number of carbonyl (C=O) groups is 1. The maximum absolute atomic E-state index is 12.5. The van der Waals surface area contributed by atoms with Crippen molar-refractivity contribution in [2.45, 2.75) is 0 Å². The lowest BCUT2D eigenvalue weighted by Gasteiger charge is -2.35. The van der Waals surface area contributed by atoms with E-state index >= 15 is 0 Å². The van der Waals surface area contributed by atoms with Gasteiger partial charge in [-0.05, 0) is 30.3 Å². The lowest BCUT2D eigenvalue weighted by molar-refractivity contribution is 0.102. The number of para-hydroxylation sites is 1. The summed E-state index contributed by atoms with van der Waals surface area (Å²) in [5, 5.41) is 11.9. The van der Waals surface area contributed by atoms with Crippen LogP contribution in [0.5, 0.6) is 0 Å². The summed E-state index contributed by atoms with van der Waals surface area (Å²) < 4.78 is 0. The van der Waals surface area contributed by atoms with Crippen LogP contribution in [0, 0.1) is 11.3 Å². The molecule has 0 saturated carbocycles. The van der Waals surface area contributed by atoms with Crippen LogP contribution in [0.15, 0.2) is 61.1 Å². The van der Waals surface area contributed by atoms with Gasteiger partial charge in [0.1, 0.15) is 11.9 Å². The molecular formula is C21H19N7O. The molecule has 0 radical (unpaired) electrons. The van der Waals surface area contributed by atoms with Crippen molar-refractivity contribution in [2.75, 3.05) is 41.3 Å². The van der Waals surface area contributed by atoms with E-state index in [-0.39, 0.29) is 5.91 Å². The molecule has 1 aliphatic rings. The minimum Gasteiger partial charge on any atom is -0.353 e. The molecule has 0 unspecified atom stereocenters. The predicted octanol–water partition coefficient (Wildman–Crippen LogP) is 2.32. The van der Waals surface area contributed by atoms with E-state index in [1.54, 1.807) is 55.0 Å². The van der Waals surface area contributed by atoms with E-state index in [0.29, 0.717) is 16.8 Å². The molecule has 3 heterocycles. The van der Waals surface area contributed by atoms with Crippen LogP contribution >= 0.6 is 0 Å². The second kappa shape index (κ2) is 8.35. The second-order valence-corrected chi connectivity index (χ2v) is 6.54. The number of anilines is 3. The fraction of sp³-hybridized carbons (Fsp3) is 0.190. The Morgan fingerprint density at radius 1 is 0.931 bits per heavy atom. The second-order valence-electron chi connectivity index (χ2n) is 6.54. The Kier molecular flexibility index (Phi) is 5.29. The molecule has 3 aromatic rings. The summed E-state index contributed by atoms with van der Waals surface area (Å²) in [6.07, 6.45) is 5.05. The minimum atomic E-state index is -0.294. The van der Waals surface area contributed by atoms with Gasteiger partial charge in [-0.1, -0.05) is 12.1 Å². The number of carbonyl (C=O) groups excluding carboxylic acids is 1. The SMILES string of the molecule is N#Cc1ccccc1NC(=O)c1ccc(N2CCN(c3ncccn3)CC2)nc1. The average Bonchev–Trinajstić information content (AvgIpc) is 2.80. The van der Waals surface area contributed by atoms with Crippen LogP contribution in [-0.2, 0) is 0 Å². The predicted molar refractivity (Wildman–Crippen MR) is 110 cm³/mol. The third kappa shape index (κ3) is 4.14. The van der Waals surface area contributed by atoms with E-state index in [4.69, 9.17) is 5.26 Å². The molecule has 0 aliphatic carbocycles. The van der Waals surface area contributed by atoms with Crippen molar-refractivity contribution in [2.24, 2.45) is 0 Å². The number of nitrogens with zero attached hydrogens (tertiary/aromatic N) is 6. The van der Waals surface area contributed by atoms with Crippen molar-refractivity contribution in [3.8, 4) is 6.07 Å². The van der Waals surface area contributed by atoms with Gasteiger partial charge in [0, 0.05) is 44.8 Å². The Morgan fingerprint density at radius 2 is 1.66 bits per heavy atom. The lowest BCUT2D eigenvalue weighted by atomic mass is 10.2. The zero-order valence-electron chi connectivity index (χ0n) is 15.7. The summed E-state index contributed by atoms with van der Waals surface area (Å²) in [6.45, 7) is 3.20. The van der Waals surface area contributed by atoms with Gasteiger partial charge >= 0.3 is 0 Å². The van der Waals surface area contributed by atoms with E-state index in [0.717, 1.165) is 37.9 Å². The van der Waals surface area contributed by atoms with Crippen molar-refractivity contribution in [1.82, 2.24) is 15.0 Å². The van der Waals surface area contributed by atoms with Crippen molar-refractivity contribution in [1.29, 1.82) is 5.26 Å². The van der Waals surface area contributed by atoms with Gasteiger partial charge in [0.15, 0.2) is 0 Å². The summed E-state index contributed by atoms with van der Waals surface area (Å²) in [7, 11) is 0. The number of nitrogens with one attached hydrogen (secondary N) is 1. The van der Waals surface area contributed by atoms with Gasteiger partial charge in [-0.3, -0.25) is 4.79 Å². The van der Waals surface area contributed by atoms with Gasteiger partial charge < -0.3 is 15.1 Å². The molecule has 0 spiro atoms. The van der Waals surface area contributed by atoms with Crippen LogP contribution in [0.1, 0.15) is 15.9 Å². The Balaban J connectivity index is 1.38. The zero-order chi connectivity index (χ0) is 20.1. The maximum atomic E-state index is 12.5. The van der Waals surface area contributed by atoms with Crippen molar-refractivity contribution in [3.63, 3.8) is 0 Å². The molecule has 0 atom stereocenters. The Bertz CT molecular complexity index is 1020. The van der Waals surface area contributed by atoms with E-state index in [1.165, 1.54) is 0 Å². The highest BCUT2D eigenvalue weighted by Crippen LogP contribution is 2.18. The number of pyridine rings is 1. The lowest BCUT2D eigenvalue weighted by Crippen LogP contribution is -2.47. The van der Waals surface area contributed by atoms with Gasteiger partial charge in [-0.25, -0.2) is 15.0 Å². The van der Waals surface area contributed by atoms with Crippen LogP contribution in [0.25, 0.3) is 0 Å². The Labute approximate surface area is 168 Å². The number of nitriles is 1.